The molecule has 1 aliphatic rings. The summed E-state index contributed by atoms with van der Waals surface area (Å²) >= 11 is 0. The van der Waals surface area contributed by atoms with Crippen LogP contribution in [-0.4, -0.2) is 18.5 Å². The van der Waals surface area contributed by atoms with Crippen LogP contribution in [0, 0.1) is 35.1 Å². The van der Waals surface area contributed by atoms with Crippen LogP contribution in [0.1, 0.15) is 31.5 Å². The van der Waals surface area contributed by atoms with Crippen molar-refractivity contribution in [3.8, 4) is 11.5 Å². The third-order valence-electron chi connectivity index (χ3n) is 4.39. The van der Waals surface area contributed by atoms with Crippen molar-refractivity contribution in [3.63, 3.8) is 0 Å². The Morgan fingerprint density at radius 2 is 1.96 bits per heavy atom. The van der Waals surface area contributed by atoms with Gasteiger partial charge in [-0.1, -0.05) is 45.6 Å². The maximum Gasteiger partial charge on any atom is 0.234 e. The molecule has 2 rings (SSSR count). The fourth-order valence-corrected chi connectivity index (χ4v) is 3.98. The van der Waals surface area contributed by atoms with E-state index in [0.29, 0.717) is 11.8 Å². The molecule has 2 nitrogen and oxygen atoms in total. The van der Waals surface area contributed by atoms with Crippen molar-refractivity contribution in [1.82, 2.24) is 4.57 Å². The van der Waals surface area contributed by atoms with Crippen LogP contribution < -0.4 is 0 Å². The number of hydrogen-bond acceptors (Lipinski definition) is 1. The minimum Gasteiger partial charge on any atom is -0.294 e. The van der Waals surface area contributed by atoms with Crippen LogP contribution in [0.2, 0.25) is 19.6 Å². The highest BCUT2D eigenvalue weighted by molar-refractivity contribution is 6.83. The van der Waals surface area contributed by atoms with E-state index in [1.165, 1.54) is 0 Å². The zero-order valence-corrected chi connectivity index (χ0v) is 16.1. The van der Waals surface area contributed by atoms with Gasteiger partial charge in [0.15, 0.2) is 0 Å². The van der Waals surface area contributed by atoms with E-state index in [0.717, 1.165) is 18.4 Å². The Hall–Kier alpha value is -1.53. The molecule has 0 aromatic carbocycles. The average molecular weight is 328 g/mol. The molecule has 0 bridgehead atoms. The van der Waals surface area contributed by atoms with Gasteiger partial charge in [-0.2, -0.15) is 0 Å². The molecule has 0 amide bonds. The lowest BCUT2D eigenvalue weighted by molar-refractivity contribution is 0.0786. The molecule has 1 aromatic rings. The molecular formula is C20H29NOSi. The van der Waals surface area contributed by atoms with Crippen molar-refractivity contribution in [3.05, 3.63) is 36.7 Å². The Bertz CT molecular complexity index is 625. The maximum atomic E-state index is 12.9. The monoisotopic (exact) mass is 327 g/mol. The van der Waals surface area contributed by atoms with Gasteiger partial charge in [-0.15, -0.1) is 11.5 Å². The number of allylic oxidation sites excluding steroid dienone is 1. The Morgan fingerprint density at radius 3 is 2.48 bits per heavy atom. The van der Waals surface area contributed by atoms with Crippen LogP contribution in [0.15, 0.2) is 36.7 Å². The average Bonchev–Trinajstić information content (AvgIpc) is 3.03. The van der Waals surface area contributed by atoms with Crippen molar-refractivity contribution in [2.24, 2.45) is 23.7 Å². The molecule has 1 aliphatic carbocycles. The zero-order valence-electron chi connectivity index (χ0n) is 15.1. The molecule has 1 fully saturated rings. The molecule has 0 aliphatic heterocycles. The maximum absolute atomic E-state index is 12.9. The second kappa shape index (κ2) is 6.92. The zero-order chi connectivity index (χ0) is 17.2. The molecule has 0 radical (unpaired) electrons. The SMILES string of the molecule is C=C1C[C@H](C(=O)n2cccc2)[C@@H](CC(C)C)[C@H]1C#C[Si](C)(C)C. The number of nitrogens with zero attached hydrogens (tertiary/aromatic N) is 1. The minimum atomic E-state index is -1.42. The van der Waals surface area contributed by atoms with E-state index < -0.39 is 8.07 Å². The third kappa shape index (κ3) is 4.48. The first-order valence-corrected chi connectivity index (χ1v) is 12.1. The summed E-state index contributed by atoms with van der Waals surface area (Å²) in [4.78, 5) is 12.9. The molecule has 1 aromatic heterocycles. The van der Waals surface area contributed by atoms with Crippen molar-refractivity contribution in [2.75, 3.05) is 0 Å². The van der Waals surface area contributed by atoms with Gasteiger partial charge in [0, 0.05) is 24.2 Å². The molecule has 124 valence electrons. The third-order valence-corrected chi connectivity index (χ3v) is 5.28. The molecule has 1 saturated carbocycles. The van der Waals surface area contributed by atoms with Gasteiger partial charge in [-0.25, -0.2) is 0 Å². The number of carbonyl (C=O) groups excluding carboxylic acids is 1. The molecule has 23 heavy (non-hydrogen) atoms. The highest BCUT2D eigenvalue weighted by Gasteiger charge is 2.42. The Kier molecular flexibility index (Phi) is 5.36. The van der Waals surface area contributed by atoms with Gasteiger partial charge in [0.2, 0.25) is 5.91 Å². The topological polar surface area (TPSA) is 22.0 Å². The van der Waals surface area contributed by atoms with Crippen LogP contribution in [0.25, 0.3) is 0 Å². The first kappa shape index (κ1) is 17.8. The summed E-state index contributed by atoms with van der Waals surface area (Å²) in [5, 5.41) is 0. The summed E-state index contributed by atoms with van der Waals surface area (Å²) in [5.74, 6) is 4.74. The highest BCUT2D eigenvalue weighted by Crippen LogP contribution is 2.44. The number of carbonyl (C=O) groups is 1. The predicted octanol–water partition coefficient (Wildman–Crippen LogP) is 4.86. The van der Waals surface area contributed by atoms with Gasteiger partial charge in [-0.05, 0) is 36.8 Å². The molecule has 3 atom stereocenters. The Morgan fingerprint density at radius 1 is 1.35 bits per heavy atom. The molecule has 1 heterocycles. The summed E-state index contributed by atoms with van der Waals surface area (Å²) in [7, 11) is -1.42. The first-order chi connectivity index (χ1) is 10.7. The van der Waals surface area contributed by atoms with Crippen molar-refractivity contribution in [1.29, 1.82) is 0 Å². The molecule has 0 saturated heterocycles. The van der Waals surface area contributed by atoms with Gasteiger partial charge >= 0.3 is 0 Å². The second-order valence-corrected chi connectivity index (χ2v) is 12.9. The fourth-order valence-electron chi connectivity index (χ4n) is 3.39. The summed E-state index contributed by atoms with van der Waals surface area (Å²) in [6.45, 7) is 15.5. The van der Waals surface area contributed by atoms with Crippen LogP contribution in [0.3, 0.4) is 0 Å². The number of hydrogen-bond donors (Lipinski definition) is 0. The summed E-state index contributed by atoms with van der Waals surface area (Å²) in [6.07, 6.45) is 5.50. The lowest BCUT2D eigenvalue weighted by atomic mass is 9.82. The normalized spacial score (nSPS) is 24.6. The quantitative estimate of drug-likeness (QED) is 0.441. The van der Waals surface area contributed by atoms with Crippen molar-refractivity contribution < 1.29 is 4.79 Å². The number of rotatable bonds is 3. The molecule has 0 spiro atoms. The summed E-state index contributed by atoms with van der Waals surface area (Å²) < 4.78 is 1.72. The second-order valence-electron chi connectivity index (χ2n) is 8.19. The van der Waals surface area contributed by atoms with E-state index >= 15 is 0 Å². The highest BCUT2D eigenvalue weighted by atomic mass is 28.3. The lowest BCUT2D eigenvalue weighted by Crippen LogP contribution is -2.27. The van der Waals surface area contributed by atoms with E-state index in [2.05, 4.69) is 51.5 Å². The van der Waals surface area contributed by atoms with Crippen LogP contribution >= 0.6 is 0 Å². The van der Waals surface area contributed by atoms with E-state index in [-0.39, 0.29) is 17.7 Å². The van der Waals surface area contributed by atoms with E-state index in [1.54, 1.807) is 4.57 Å². The van der Waals surface area contributed by atoms with Crippen molar-refractivity contribution >= 4 is 14.0 Å². The minimum absolute atomic E-state index is 0.0123. The van der Waals surface area contributed by atoms with Crippen molar-refractivity contribution in [2.45, 2.75) is 46.3 Å². The van der Waals surface area contributed by atoms with E-state index in [9.17, 15) is 4.79 Å². The fraction of sp³-hybridized carbons (Fsp3) is 0.550. The summed E-state index contributed by atoms with van der Waals surface area (Å²) in [5.41, 5.74) is 4.65. The van der Waals surface area contributed by atoms with Gasteiger partial charge in [0.1, 0.15) is 8.07 Å². The molecular weight excluding hydrogens is 298 g/mol. The van der Waals surface area contributed by atoms with Crippen LogP contribution in [0.4, 0.5) is 0 Å². The van der Waals surface area contributed by atoms with Gasteiger partial charge in [0.05, 0.1) is 0 Å². The number of aromatic nitrogens is 1. The Labute approximate surface area is 142 Å². The smallest absolute Gasteiger partial charge is 0.234 e. The predicted molar refractivity (Wildman–Crippen MR) is 99.9 cm³/mol. The Balaban J connectivity index is 2.30. The van der Waals surface area contributed by atoms with Gasteiger partial charge in [-0.3, -0.25) is 9.36 Å². The van der Waals surface area contributed by atoms with Gasteiger partial charge < -0.3 is 0 Å². The largest absolute Gasteiger partial charge is 0.294 e. The summed E-state index contributed by atoms with van der Waals surface area (Å²) in [6, 6.07) is 3.81. The molecule has 0 N–H and O–H groups in total. The van der Waals surface area contributed by atoms with E-state index in [4.69, 9.17) is 0 Å². The molecule has 3 heteroatoms. The molecule has 0 unspecified atom stereocenters. The standard InChI is InChI=1S/C20H29NOSi/c1-15(2)13-18-17(9-12-23(4,5)6)16(3)14-19(18)20(22)21-10-7-8-11-21/h7-8,10-11,15,17-19H,3,13-14H2,1-2,4-6H3/t17-,18-,19-/m0/s1. The lowest BCUT2D eigenvalue weighted by Gasteiger charge is -2.23. The van der Waals surface area contributed by atoms with Crippen LogP contribution in [-0.2, 0) is 0 Å². The van der Waals surface area contributed by atoms with Crippen LogP contribution in [0.5, 0.6) is 0 Å². The first-order valence-electron chi connectivity index (χ1n) is 8.56. The van der Waals surface area contributed by atoms with Gasteiger partial charge in [0.25, 0.3) is 0 Å². The van der Waals surface area contributed by atoms with E-state index in [1.807, 2.05) is 24.5 Å².